The Labute approximate surface area is 339 Å². The number of ether oxygens (including phenoxy) is 1. The zero-order valence-corrected chi connectivity index (χ0v) is 32.5. The van der Waals surface area contributed by atoms with E-state index >= 15 is 8.78 Å². The van der Waals surface area contributed by atoms with Crippen LogP contribution in [0.5, 0.6) is 0 Å². The van der Waals surface area contributed by atoms with Gasteiger partial charge in [0.15, 0.2) is 5.82 Å². The van der Waals surface area contributed by atoms with Crippen LogP contribution >= 0.6 is 0 Å². The second-order valence-corrected chi connectivity index (χ2v) is 15.9. The first-order valence-corrected chi connectivity index (χ1v) is 20.4. The third-order valence-corrected chi connectivity index (χ3v) is 12.0. The molecule has 3 atom stereocenters. The Hall–Kier alpha value is -5.77. The lowest BCUT2D eigenvalue weighted by Crippen LogP contribution is -2.55. The summed E-state index contributed by atoms with van der Waals surface area (Å²) in [5.41, 5.74) is 2.05. The average Bonchev–Trinajstić information content (AvgIpc) is 3.23. The van der Waals surface area contributed by atoms with Gasteiger partial charge in [-0.2, -0.15) is 0 Å². The second kappa shape index (κ2) is 17.6. The maximum Gasteiger partial charge on any atom is 0.410 e. The molecule has 3 N–H and O–H groups in total. The predicted molar refractivity (Wildman–Crippen MR) is 214 cm³/mol. The number of aromatic nitrogens is 3. The Bertz CT molecular complexity index is 2240. The van der Waals surface area contributed by atoms with E-state index in [1.54, 1.807) is 54.7 Å². The van der Waals surface area contributed by atoms with Crippen LogP contribution in [0.1, 0.15) is 69.3 Å². The zero-order chi connectivity index (χ0) is 41.0. The van der Waals surface area contributed by atoms with E-state index in [1.807, 2.05) is 0 Å². The number of piperidine rings is 3. The molecule has 13 nitrogen and oxygen atoms in total. The van der Waals surface area contributed by atoms with Crippen molar-refractivity contribution in [1.29, 1.82) is 0 Å². The molecule has 2 aromatic heterocycles. The standard InChI is InChI=1S/C43H47F3N8O5/c44-33-23-29(48-36-13-14-38(55)50-41(36)57)9-12-32(33)26-15-19-52(20-16-26)37-17-21-53(25-35(37)46)43(58)59-31-10-7-28(8-11-31)49-42-47-24-34(45)40(51-42)27-4-3-5-30(22-27)54-18-2-1-6-39(54)56/h1-6,9,12,18,22-24,26,28,31,35-37,48H,7-8,10-11,13-17,19-21,25H2,(H,47,49,51)(H,50,55,57)/t28-,31-,35?,36?,37?. The number of anilines is 2. The number of hydrogen-bond donors (Lipinski definition) is 3. The second-order valence-electron chi connectivity index (χ2n) is 15.9. The molecule has 5 heterocycles. The number of alkyl halides is 1. The Morgan fingerprint density at radius 3 is 2.41 bits per heavy atom. The molecule has 3 saturated heterocycles. The molecule has 0 spiro atoms. The van der Waals surface area contributed by atoms with Crippen molar-refractivity contribution in [2.45, 2.75) is 94.1 Å². The molecular formula is C43H47F3N8O5. The minimum atomic E-state index is -1.24. The van der Waals surface area contributed by atoms with Gasteiger partial charge in [0.1, 0.15) is 29.8 Å². The number of nitrogens with zero attached hydrogens (tertiary/aromatic N) is 5. The molecular weight excluding hydrogens is 766 g/mol. The summed E-state index contributed by atoms with van der Waals surface area (Å²) in [5.74, 6) is -1.43. The summed E-state index contributed by atoms with van der Waals surface area (Å²) < 4.78 is 53.2. The highest BCUT2D eigenvalue weighted by atomic mass is 19.1. The molecule has 16 heteroatoms. The third kappa shape index (κ3) is 9.27. The normalized spacial score (nSPS) is 24.3. The van der Waals surface area contributed by atoms with E-state index in [2.05, 4.69) is 30.8 Å². The number of amides is 3. The van der Waals surface area contributed by atoms with Crippen molar-refractivity contribution >= 4 is 29.5 Å². The lowest BCUT2D eigenvalue weighted by atomic mass is 9.87. The average molecular weight is 813 g/mol. The van der Waals surface area contributed by atoms with Gasteiger partial charge in [-0.05, 0) is 106 Å². The fourth-order valence-electron chi connectivity index (χ4n) is 8.80. The SMILES string of the molecule is O=C1CCC(Nc2ccc(C3CCN(C4CCN(C(=O)O[C@H]5CC[C@H](Nc6ncc(F)c(-c7cccc(-n8ccccc8=O)c7)n6)CC5)CC4F)CC3)c(F)c2)C(=O)N1. The van der Waals surface area contributed by atoms with Crippen LogP contribution in [0.2, 0.25) is 0 Å². The molecule has 0 radical (unpaired) electrons. The number of imide groups is 1. The largest absolute Gasteiger partial charge is 0.446 e. The van der Waals surface area contributed by atoms with Crippen LogP contribution in [0.4, 0.5) is 29.6 Å². The number of nitrogens with one attached hydrogen (secondary N) is 3. The number of carbonyl (C=O) groups excluding carboxylic acids is 3. The van der Waals surface area contributed by atoms with Crippen molar-refractivity contribution in [3.63, 3.8) is 0 Å². The Morgan fingerprint density at radius 2 is 1.66 bits per heavy atom. The van der Waals surface area contributed by atoms with Gasteiger partial charge in [0.25, 0.3) is 5.56 Å². The van der Waals surface area contributed by atoms with Gasteiger partial charge >= 0.3 is 6.09 Å². The van der Waals surface area contributed by atoms with Gasteiger partial charge in [0.05, 0.1) is 12.7 Å². The van der Waals surface area contributed by atoms with Crippen LogP contribution in [0.25, 0.3) is 16.9 Å². The number of carbonyl (C=O) groups is 3. The van der Waals surface area contributed by atoms with Crippen LogP contribution in [-0.2, 0) is 14.3 Å². The Kier molecular flexibility index (Phi) is 11.9. The summed E-state index contributed by atoms with van der Waals surface area (Å²) in [6.45, 7) is 1.56. The fraction of sp³-hybridized carbons (Fsp3) is 0.442. The molecule has 3 unspecified atom stereocenters. The van der Waals surface area contributed by atoms with Crippen LogP contribution in [0.15, 0.2) is 77.9 Å². The number of pyridine rings is 1. The van der Waals surface area contributed by atoms with Crippen molar-refractivity contribution in [3.05, 3.63) is 101 Å². The minimum absolute atomic E-state index is 0.0210. The minimum Gasteiger partial charge on any atom is -0.446 e. The maximum absolute atomic E-state index is 15.7. The lowest BCUT2D eigenvalue weighted by molar-refractivity contribution is -0.133. The number of likely N-dealkylation sites (tertiary alicyclic amines) is 2. The van der Waals surface area contributed by atoms with Crippen molar-refractivity contribution < 1.29 is 32.3 Å². The van der Waals surface area contributed by atoms with Gasteiger partial charge in [0.2, 0.25) is 17.8 Å². The monoisotopic (exact) mass is 812 g/mol. The molecule has 59 heavy (non-hydrogen) atoms. The summed E-state index contributed by atoms with van der Waals surface area (Å²) >= 11 is 0. The Morgan fingerprint density at radius 1 is 0.847 bits per heavy atom. The smallest absolute Gasteiger partial charge is 0.410 e. The molecule has 1 aliphatic carbocycles. The Balaban J connectivity index is 0.775. The number of benzene rings is 2. The molecule has 4 aliphatic rings. The number of rotatable bonds is 9. The quantitative estimate of drug-likeness (QED) is 0.173. The van der Waals surface area contributed by atoms with Gasteiger partial charge in [-0.25, -0.2) is 27.9 Å². The number of hydrogen-bond acceptors (Lipinski definition) is 10. The predicted octanol–water partition coefficient (Wildman–Crippen LogP) is 5.94. The van der Waals surface area contributed by atoms with E-state index < -0.39 is 30.0 Å². The highest BCUT2D eigenvalue weighted by molar-refractivity contribution is 6.01. The highest BCUT2D eigenvalue weighted by Gasteiger charge is 2.38. The highest BCUT2D eigenvalue weighted by Crippen LogP contribution is 2.34. The molecule has 0 bridgehead atoms. The van der Waals surface area contributed by atoms with Crippen molar-refractivity contribution in [2.75, 3.05) is 36.8 Å². The van der Waals surface area contributed by atoms with E-state index in [4.69, 9.17) is 4.74 Å². The molecule has 4 fully saturated rings. The summed E-state index contributed by atoms with van der Waals surface area (Å²) in [4.78, 5) is 61.2. The first-order valence-electron chi connectivity index (χ1n) is 20.4. The van der Waals surface area contributed by atoms with E-state index in [9.17, 15) is 23.6 Å². The molecule has 2 aromatic carbocycles. The maximum atomic E-state index is 15.7. The molecule has 4 aromatic rings. The summed E-state index contributed by atoms with van der Waals surface area (Å²) in [6, 6.07) is 15.7. The molecule has 1 saturated carbocycles. The topological polar surface area (TPSA) is 151 Å². The lowest BCUT2D eigenvalue weighted by Gasteiger charge is -2.43. The van der Waals surface area contributed by atoms with Crippen LogP contribution in [0.3, 0.4) is 0 Å². The summed E-state index contributed by atoms with van der Waals surface area (Å²) in [7, 11) is 0. The number of halogens is 3. The van der Waals surface area contributed by atoms with E-state index in [0.717, 1.165) is 6.20 Å². The van der Waals surface area contributed by atoms with Crippen LogP contribution in [0, 0.1) is 11.6 Å². The van der Waals surface area contributed by atoms with Crippen molar-refractivity contribution in [2.24, 2.45) is 0 Å². The van der Waals surface area contributed by atoms with Crippen molar-refractivity contribution in [3.8, 4) is 16.9 Å². The van der Waals surface area contributed by atoms with Crippen molar-refractivity contribution in [1.82, 2.24) is 29.7 Å². The first-order chi connectivity index (χ1) is 28.6. The molecule has 8 rings (SSSR count). The summed E-state index contributed by atoms with van der Waals surface area (Å²) in [6.07, 6.45) is 5.60. The molecule has 310 valence electrons. The first kappa shape index (κ1) is 40.0. The fourth-order valence-corrected chi connectivity index (χ4v) is 8.80. The van der Waals surface area contributed by atoms with E-state index in [-0.39, 0.29) is 66.0 Å². The molecule has 3 amide bonds. The summed E-state index contributed by atoms with van der Waals surface area (Å²) in [5, 5.41) is 8.61. The van der Waals surface area contributed by atoms with Gasteiger partial charge in [0, 0.05) is 54.3 Å². The van der Waals surface area contributed by atoms with Gasteiger partial charge in [-0.15, -0.1) is 0 Å². The zero-order valence-electron chi connectivity index (χ0n) is 32.5. The third-order valence-electron chi connectivity index (χ3n) is 12.0. The molecule has 3 aliphatic heterocycles. The van der Waals surface area contributed by atoms with E-state index in [0.29, 0.717) is 93.5 Å². The van der Waals surface area contributed by atoms with Crippen LogP contribution in [-0.4, -0.2) is 98.8 Å². The van der Waals surface area contributed by atoms with Crippen LogP contribution < -0.4 is 21.5 Å². The van der Waals surface area contributed by atoms with Gasteiger partial charge in [-0.1, -0.05) is 24.3 Å². The van der Waals surface area contributed by atoms with E-state index in [1.165, 1.54) is 21.6 Å². The van der Waals surface area contributed by atoms with Gasteiger partial charge in [-0.3, -0.25) is 29.2 Å². The van der Waals surface area contributed by atoms with Gasteiger partial charge < -0.3 is 20.3 Å².